The minimum atomic E-state index is 0.338. The molecule has 2 atom stereocenters. The lowest BCUT2D eigenvalue weighted by atomic mass is 9.61. The first-order valence-corrected chi connectivity index (χ1v) is 31.3. The van der Waals surface area contributed by atoms with Crippen LogP contribution in [0.2, 0.25) is 0 Å². The van der Waals surface area contributed by atoms with Gasteiger partial charge in [-0.15, -0.1) is 0 Å². The van der Waals surface area contributed by atoms with Gasteiger partial charge in [0.05, 0.1) is 45.6 Å². The molecule has 4 N–H and O–H groups in total. The van der Waals surface area contributed by atoms with Crippen molar-refractivity contribution in [2.24, 2.45) is 0 Å². The highest BCUT2D eigenvalue weighted by Gasteiger charge is 2.45. The summed E-state index contributed by atoms with van der Waals surface area (Å²) in [6.45, 7) is 27.6. The lowest BCUT2D eigenvalue weighted by Crippen LogP contribution is -2.30. The van der Waals surface area contributed by atoms with Gasteiger partial charge < -0.3 is 19.9 Å². The molecule has 8 heteroatoms. The highest BCUT2D eigenvalue weighted by atomic mass is 14.8. The highest BCUT2D eigenvalue weighted by Crippen LogP contribution is 2.58. The standard InChI is InChI=1S/C72H86N8/c1-13-21-25-47-39(9)55-31-67-51-29-53-54(30-52(51)68(79-67)32-56-40(10)48(26-22-14-2)64(74-56)36-60-44(18-6)43(17-5)59(77-60)35-63(47)73-55)72-70-34-58-42(12)50(28-24-16-4)66(76-58)38-62-46(20-8)45(19-7)61(78-62)37-65-49(27-23-15-3)41(11)57(75-65)33-69(80-70)71(53)72/h31-38,53-54,77-80H,13-30H2,1-12H3. The lowest BCUT2D eigenvalue weighted by molar-refractivity contribution is 0.453. The van der Waals surface area contributed by atoms with Gasteiger partial charge >= 0.3 is 0 Å². The van der Waals surface area contributed by atoms with E-state index in [9.17, 15) is 0 Å². The van der Waals surface area contributed by atoms with Crippen molar-refractivity contribution in [3.8, 4) is 0 Å². The number of rotatable bonds is 16. The van der Waals surface area contributed by atoms with Crippen LogP contribution in [0, 0.1) is 0 Å². The van der Waals surface area contributed by atoms with E-state index in [0.29, 0.717) is 11.8 Å². The summed E-state index contributed by atoms with van der Waals surface area (Å²) in [6, 6.07) is 19.1. The molecule has 414 valence electrons. The molecule has 6 aromatic heterocycles. The quantitative estimate of drug-likeness (QED) is 0.0773. The summed E-state index contributed by atoms with van der Waals surface area (Å²) < 4.78 is 0. The van der Waals surface area contributed by atoms with Crippen molar-refractivity contribution in [1.29, 1.82) is 0 Å². The highest BCUT2D eigenvalue weighted by molar-refractivity contribution is 5.98. The van der Waals surface area contributed by atoms with E-state index in [-0.39, 0.29) is 0 Å². The molecule has 16 bridgehead atoms. The maximum Gasteiger partial charge on any atom is 0.0693 e. The van der Waals surface area contributed by atoms with Crippen molar-refractivity contribution in [2.45, 2.75) is 210 Å². The summed E-state index contributed by atoms with van der Waals surface area (Å²) in [5, 5.41) is 0. The van der Waals surface area contributed by atoms with Gasteiger partial charge in [0.1, 0.15) is 0 Å². The fourth-order valence-electron chi connectivity index (χ4n) is 14.8. The smallest absolute Gasteiger partial charge is 0.0693 e. The number of fused-ring (bicyclic) bond motifs is 25. The second kappa shape index (κ2) is 21.9. The van der Waals surface area contributed by atoms with Crippen LogP contribution in [0.25, 0.3) is 88.7 Å². The number of H-pyrrole nitrogens is 4. The first-order chi connectivity index (χ1) is 38.9. The van der Waals surface area contributed by atoms with E-state index in [4.69, 9.17) is 19.9 Å². The van der Waals surface area contributed by atoms with Crippen LogP contribution in [-0.2, 0) is 38.5 Å². The van der Waals surface area contributed by atoms with Gasteiger partial charge in [-0.1, -0.05) is 81.1 Å². The van der Waals surface area contributed by atoms with Gasteiger partial charge in [0.2, 0.25) is 0 Å². The van der Waals surface area contributed by atoms with Gasteiger partial charge in [0.25, 0.3) is 0 Å². The van der Waals surface area contributed by atoms with E-state index < -0.39 is 0 Å². The predicted molar refractivity (Wildman–Crippen MR) is 340 cm³/mol. The lowest BCUT2D eigenvalue weighted by Gasteiger charge is -2.41. The number of allylic oxidation sites excluding steroid dienone is 8. The molecular formula is C72H86N8. The Balaban J connectivity index is 1.12. The van der Waals surface area contributed by atoms with Crippen LogP contribution in [0.5, 0.6) is 0 Å². The topological polar surface area (TPSA) is 115 Å². The van der Waals surface area contributed by atoms with E-state index in [1.54, 1.807) is 0 Å². The summed E-state index contributed by atoms with van der Waals surface area (Å²) in [6.07, 6.45) is 18.9. The van der Waals surface area contributed by atoms with Gasteiger partial charge in [-0.2, -0.15) is 0 Å². The molecule has 10 heterocycles. The molecule has 2 unspecified atom stereocenters. The van der Waals surface area contributed by atoms with Crippen LogP contribution < -0.4 is 0 Å². The molecule has 80 heavy (non-hydrogen) atoms. The normalized spacial score (nSPS) is 16.8. The third-order valence-electron chi connectivity index (χ3n) is 19.4. The number of nitrogens with one attached hydrogen (secondary N) is 4. The average molecular weight is 1060 g/mol. The van der Waals surface area contributed by atoms with E-state index in [0.717, 1.165) is 161 Å². The van der Waals surface area contributed by atoms with Crippen LogP contribution in [-0.4, -0.2) is 39.9 Å². The summed E-state index contributed by atoms with van der Waals surface area (Å²) >= 11 is 0. The Morgan fingerprint density at radius 1 is 0.325 bits per heavy atom. The molecule has 6 aliphatic rings. The second-order valence-electron chi connectivity index (χ2n) is 24.1. The number of nitrogens with zero attached hydrogens (tertiary/aromatic N) is 4. The Bertz CT molecular complexity index is 3510. The Hall–Kier alpha value is -6.80. The molecule has 0 fully saturated rings. The van der Waals surface area contributed by atoms with Gasteiger partial charge in [-0.05, 0) is 267 Å². The van der Waals surface area contributed by atoms with E-state index >= 15 is 0 Å². The molecule has 0 saturated carbocycles. The Morgan fingerprint density at radius 3 is 0.825 bits per heavy atom. The SMILES string of the molecule is CCCCC1=C(C)c2cc3[nH]c(cc4nc(cc5[nH]c(cc1n2)c(CC)c5CC)C(CCCC)=C4C)c1c3CC2c3c(c4cc5nc(cc6[nH]c(cc7nc(cc3[nH]4)C(C)=C7CCCC)c(CC)c6CC)C(CCCC)=C5C)C2C1. The minimum Gasteiger partial charge on any atom is -0.355 e. The van der Waals surface area contributed by atoms with Gasteiger partial charge in [-0.3, -0.25) is 0 Å². The molecule has 6 aromatic rings. The maximum atomic E-state index is 5.60. The largest absolute Gasteiger partial charge is 0.355 e. The fraction of sp³-hybridized carbons (Fsp3) is 0.444. The van der Waals surface area contributed by atoms with Crippen LogP contribution >= 0.6 is 0 Å². The van der Waals surface area contributed by atoms with Crippen LogP contribution in [0.1, 0.15) is 262 Å². The second-order valence-corrected chi connectivity index (χ2v) is 24.1. The van der Waals surface area contributed by atoms with Crippen molar-refractivity contribution >= 4 is 88.7 Å². The van der Waals surface area contributed by atoms with Gasteiger partial charge in [0.15, 0.2) is 0 Å². The maximum absolute atomic E-state index is 5.60. The van der Waals surface area contributed by atoms with Crippen molar-refractivity contribution in [1.82, 2.24) is 39.9 Å². The molecule has 8 nitrogen and oxygen atoms in total. The fourth-order valence-corrected chi connectivity index (χ4v) is 14.8. The third-order valence-corrected chi connectivity index (χ3v) is 19.4. The number of unbranched alkanes of at least 4 members (excludes halogenated alkanes) is 4. The zero-order valence-corrected chi connectivity index (χ0v) is 50.3. The third kappa shape index (κ3) is 9.02. The minimum absolute atomic E-state index is 0.338. The monoisotopic (exact) mass is 1060 g/mol. The molecule has 0 radical (unpaired) electrons. The first kappa shape index (κ1) is 53.8. The number of hydrogen-bond acceptors (Lipinski definition) is 4. The summed E-state index contributed by atoms with van der Waals surface area (Å²) in [7, 11) is 0. The van der Waals surface area contributed by atoms with Gasteiger partial charge in [0, 0.05) is 44.1 Å². The molecule has 0 saturated heterocycles. The Kier molecular flexibility index (Phi) is 14.8. The average Bonchev–Trinajstić information content (AvgIpc) is 4.38. The molecular weight excluding hydrogens is 977 g/mol. The van der Waals surface area contributed by atoms with Crippen LogP contribution in [0.3, 0.4) is 0 Å². The zero-order chi connectivity index (χ0) is 55.7. The Morgan fingerprint density at radius 2 is 0.562 bits per heavy atom. The van der Waals surface area contributed by atoms with Crippen molar-refractivity contribution in [2.75, 3.05) is 0 Å². The molecule has 2 aliphatic carbocycles. The Labute approximate surface area is 475 Å². The number of aromatic nitrogens is 8. The molecule has 0 amide bonds. The molecule has 4 aliphatic heterocycles. The van der Waals surface area contributed by atoms with Crippen molar-refractivity contribution in [3.63, 3.8) is 0 Å². The first-order valence-electron chi connectivity index (χ1n) is 31.3. The number of aryl methyl sites for hydroxylation is 4. The molecule has 0 aromatic carbocycles. The summed E-state index contributed by atoms with van der Waals surface area (Å²) in [5.41, 5.74) is 40.2. The van der Waals surface area contributed by atoms with Crippen LogP contribution in [0.15, 0.2) is 48.5 Å². The summed E-state index contributed by atoms with van der Waals surface area (Å²) in [4.78, 5) is 38.6. The van der Waals surface area contributed by atoms with Crippen molar-refractivity contribution < 1.29 is 0 Å². The zero-order valence-electron chi connectivity index (χ0n) is 50.3. The van der Waals surface area contributed by atoms with Gasteiger partial charge in [-0.25, -0.2) is 19.9 Å². The van der Waals surface area contributed by atoms with E-state index in [2.05, 4.69) is 152 Å². The molecule has 0 spiro atoms. The predicted octanol–water partition coefficient (Wildman–Crippen LogP) is 19.7. The number of aromatic amines is 4. The van der Waals surface area contributed by atoms with E-state index in [1.165, 1.54) is 133 Å². The van der Waals surface area contributed by atoms with Crippen molar-refractivity contribution in [3.05, 3.63) is 139 Å². The van der Waals surface area contributed by atoms with Crippen LogP contribution in [0.4, 0.5) is 0 Å². The molecule has 12 rings (SSSR count). The summed E-state index contributed by atoms with van der Waals surface area (Å²) in [5.74, 6) is 0.675. The number of hydrogen-bond donors (Lipinski definition) is 4. The van der Waals surface area contributed by atoms with E-state index in [1.807, 2.05) is 0 Å².